The van der Waals surface area contributed by atoms with Crippen molar-refractivity contribution in [2.75, 3.05) is 0 Å². The molecule has 0 saturated heterocycles. The zero-order chi connectivity index (χ0) is 13.4. The van der Waals surface area contributed by atoms with Crippen LogP contribution in [0.2, 0.25) is 0 Å². The molecule has 0 atom stereocenters. The molecule has 0 aliphatic carbocycles. The van der Waals surface area contributed by atoms with Crippen molar-refractivity contribution < 1.29 is 4.79 Å². The first kappa shape index (κ1) is 11.6. The van der Waals surface area contributed by atoms with Crippen molar-refractivity contribution in [1.82, 2.24) is 19.3 Å². The highest BCUT2D eigenvalue weighted by Gasteiger charge is 2.08. The maximum absolute atomic E-state index is 10.9. The monoisotopic (exact) mass is 254 g/mol. The molecule has 5 nitrogen and oxygen atoms in total. The molecule has 0 unspecified atom stereocenters. The standard InChI is InChI=1S/C14H14N4O/c1-10-15-16-14(17(10)2)8-18-6-5-12-4-3-11(9-19)7-13(12)18/h3-7,9H,8H2,1-2H3. The molecule has 2 aromatic heterocycles. The van der Waals surface area contributed by atoms with Gasteiger partial charge in [-0.1, -0.05) is 12.1 Å². The highest BCUT2D eigenvalue weighted by atomic mass is 16.1. The molecule has 0 radical (unpaired) electrons. The summed E-state index contributed by atoms with van der Waals surface area (Å²) in [6.07, 6.45) is 2.87. The van der Waals surface area contributed by atoms with Crippen LogP contribution >= 0.6 is 0 Å². The van der Waals surface area contributed by atoms with Crippen LogP contribution in [0.1, 0.15) is 22.0 Å². The predicted octanol–water partition coefficient (Wildman–Crippen LogP) is 1.94. The number of carbonyl (C=O) groups is 1. The predicted molar refractivity (Wildman–Crippen MR) is 72.2 cm³/mol. The average Bonchev–Trinajstić information content (AvgIpc) is 2.97. The van der Waals surface area contributed by atoms with Crippen molar-refractivity contribution in [2.45, 2.75) is 13.5 Å². The summed E-state index contributed by atoms with van der Waals surface area (Å²) in [5.41, 5.74) is 1.71. The number of fused-ring (bicyclic) bond motifs is 1. The van der Waals surface area contributed by atoms with Crippen LogP contribution in [-0.2, 0) is 13.6 Å². The lowest BCUT2D eigenvalue weighted by Gasteiger charge is -2.05. The van der Waals surface area contributed by atoms with Gasteiger partial charge in [0.25, 0.3) is 0 Å². The average molecular weight is 254 g/mol. The Kier molecular flexibility index (Phi) is 2.67. The second-order valence-electron chi connectivity index (χ2n) is 4.60. The van der Waals surface area contributed by atoms with Crippen LogP contribution in [0.25, 0.3) is 10.9 Å². The van der Waals surface area contributed by atoms with Gasteiger partial charge in [0.05, 0.1) is 6.54 Å². The molecule has 5 heteroatoms. The lowest BCUT2D eigenvalue weighted by atomic mass is 10.2. The molecule has 0 saturated carbocycles. The van der Waals surface area contributed by atoms with Crippen molar-refractivity contribution in [2.24, 2.45) is 7.05 Å². The van der Waals surface area contributed by atoms with Crippen LogP contribution in [0.15, 0.2) is 30.5 Å². The largest absolute Gasteiger partial charge is 0.340 e. The molecule has 0 aliphatic rings. The van der Waals surface area contributed by atoms with E-state index in [1.165, 1.54) is 0 Å². The van der Waals surface area contributed by atoms with Crippen LogP contribution in [-0.4, -0.2) is 25.6 Å². The molecule has 2 heterocycles. The molecule has 19 heavy (non-hydrogen) atoms. The fourth-order valence-corrected chi connectivity index (χ4v) is 2.15. The van der Waals surface area contributed by atoms with Gasteiger partial charge in [-0.25, -0.2) is 0 Å². The van der Waals surface area contributed by atoms with E-state index in [1.54, 1.807) is 0 Å². The third-order valence-corrected chi connectivity index (χ3v) is 3.43. The Balaban J connectivity index is 2.05. The summed E-state index contributed by atoms with van der Waals surface area (Å²) in [4.78, 5) is 10.9. The third-order valence-electron chi connectivity index (χ3n) is 3.43. The summed E-state index contributed by atoms with van der Waals surface area (Å²) in [6.45, 7) is 2.57. The van der Waals surface area contributed by atoms with Gasteiger partial charge in [0.1, 0.15) is 12.1 Å². The van der Waals surface area contributed by atoms with Crippen LogP contribution in [0, 0.1) is 6.92 Å². The topological polar surface area (TPSA) is 52.7 Å². The minimum absolute atomic E-state index is 0.642. The third kappa shape index (κ3) is 1.93. The van der Waals surface area contributed by atoms with E-state index in [0.717, 1.165) is 28.8 Å². The van der Waals surface area contributed by atoms with Crippen molar-refractivity contribution in [3.05, 3.63) is 47.7 Å². The number of benzene rings is 1. The number of nitrogens with zero attached hydrogens (tertiary/aromatic N) is 4. The minimum Gasteiger partial charge on any atom is -0.340 e. The van der Waals surface area contributed by atoms with E-state index in [9.17, 15) is 4.79 Å². The maximum atomic E-state index is 10.9. The number of rotatable bonds is 3. The molecule has 96 valence electrons. The van der Waals surface area contributed by atoms with Gasteiger partial charge in [-0.2, -0.15) is 0 Å². The maximum Gasteiger partial charge on any atom is 0.152 e. The SMILES string of the molecule is Cc1nnc(Cn2ccc3ccc(C=O)cc32)n1C. The van der Waals surface area contributed by atoms with Crippen LogP contribution in [0.3, 0.4) is 0 Å². The Morgan fingerprint density at radius 3 is 2.79 bits per heavy atom. The van der Waals surface area contributed by atoms with E-state index >= 15 is 0 Å². The van der Waals surface area contributed by atoms with E-state index in [4.69, 9.17) is 0 Å². The molecule has 0 fully saturated rings. The summed E-state index contributed by atoms with van der Waals surface area (Å²) in [7, 11) is 1.95. The molecule has 0 spiro atoms. The normalized spacial score (nSPS) is 11.1. The Bertz CT molecular complexity index is 754. The first-order chi connectivity index (χ1) is 9.19. The summed E-state index contributed by atoms with van der Waals surface area (Å²) in [5.74, 6) is 1.78. The molecular weight excluding hydrogens is 240 g/mol. The number of aryl methyl sites for hydroxylation is 1. The minimum atomic E-state index is 0.642. The van der Waals surface area contributed by atoms with Gasteiger partial charge in [0.15, 0.2) is 5.82 Å². The highest BCUT2D eigenvalue weighted by Crippen LogP contribution is 2.18. The van der Waals surface area contributed by atoms with Gasteiger partial charge in [0.2, 0.25) is 0 Å². The lowest BCUT2D eigenvalue weighted by Crippen LogP contribution is -2.05. The molecule has 1 aromatic carbocycles. The zero-order valence-corrected chi connectivity index (χ0v) is 10.9. The fourth-order valence-electron chi connectivity index (χ4n) is 2.15. The van der Waals surface area contributed by atoms with Gasteiger partial charge in [-0.3, -0.25) is 4.79 Å². The van der Waals surface area contributed by atoms with Gasteiger partial charge >= 0.3 is 0 Å². The van der Waals surface area contributed by atoms with E-state index in [-0.39, 0.29) is 0 Å². The quantitative estimate of drug-likeness (QED) is 0.671. The Hall–Kier alpha value is -2.43. The van der Waals surface area contributed by atoms with Crippen molar-refractivity contribution >= 4 is 17.2 Å². The van der Waals surface area contributed by atoms with Crippen LogP contribution in [0.5, 0.6) is 0 Å². The number of aromatic nitrogens is 4. The Labute approximate surface area is 110 Å². The molecule has 3 aromatic rings. The summed E-state index contributed by atoms with van der Waals surface area (Å²) < 4.78 is 4.04. The van der Waals surface area contributed by atoms with Crippen LogP contribution in [0.4, 0.5) is 0 Å². The van der Waals surface area contributed by atoms with E-state index in [2.05, 4.69) is 14.8 Å². The molecule has 0 amide bonds. The first-order valence-electron chi connectivity index (χ1n) is 6.08. The van der Waals surface area contributed by atoms with E-state index in [1.807, 2.05) is 49.0 Å². The van der Waals surface area contributed by atoms with Gasteiger partial charge in [0, 0.05) is 24.3 Å². The summed E-state index contributed by atoms with van der Waals surface area (Å²) >= 11 is 0. The Morgan fingerprint density at radius 1 is 1.26 bits per heavy atom. The number of hydrogen-bond acceptors (Lipinski definition) is 3. The smallest absolute Gasteiger partial charge is 0.152 e. The number of aldehydes is 1. The van der Waals surface area contributed by atoms with Gasteiger partial charge in [-0.15, -0.1) is 10.2 Å². The Morgan fingerprint density at radius 2 is 2.11 bits per heavy atom. The van der Waals surface area contributed by atoms with Crippen molar-refractivity contribution in [3.63, 3.8) is 0 Å². The molecule has 0 aliphatic heterocycles. The lowest BCUT2D eigenvalue weighted by molar-refractivity contribution is 0.112. The van der Waals surface area contributed by atoms with Crippen LogP contribution < -0.4 is 0 Å². The highest BCUT2D eigenvalue weighted by molar-refractivity contribution is 5.87. The van der Waals surface area contributed by atoms with Gasteiger partial charge in [-0.05, 0) is 24.4 Å². The number of hydrogen-bond donors (Lipinski definition) is 0. The molecule has 3 rings (SSSR count). The molecule has 0 N–H and O–H groups in total. The fraction of sp³-hybridized carbons (Fsp3) is 0.214. The molecular formula is C14H14N4O. The van der Waals surface area contributed by atoms with Crippen molar-refractivity contribution in [3.8, 4) is 0 Å². The van der Waals surface area contributed by atoms with E-state index < -0.39 is 0 Å². The van der Waals surface area contributed by atoms with Gasteiger partial charge < -0.3 is 9.13 Å². The second-order valence-corrected chi connectivity index (χ2v) is 4.60. The van der Waals surface area contributed by atoms with E-state index in [0.29, 0.717) is 12.1 Å². The first-order valence-corrected chi connectivity index (χ1v) is 6.08. The summed E-state index contributed by atoms with van der Waals surface area (Å²) in [6, 6.07) is 7.71. The number of carbonyl (C=O) groups excluding carboxylic acids is 1. The molecule has 0 bridgehead atoms. The zero-order valence-electron chi connectivity index (χ0n) is 10.9. The summed E-state index contributed by atoms with van der Waals surface area (Å²) in [5, 5.41) is 9.33. The van der Waals surface area contributed by atoms with Crippen molar-refractivity contribution in [1.29, 1.82) is 0 Å². The second kappa shape index (κ2) is 4.35.